The van der Waals surface area contributed by atoms with E-state index in [2.05, 4.69) is 46.6 Å². The van der Waals surface area contributed by atoms with Crippen LogP contribution in [0.3, 0.4) is 0 Å². The maximum absolute atomic E-state index is 3.73. The third kappa shape index (κ3) is 4.82. The molecule has 0 aliphatic carbocycles. The van der Waals surface area contributed by atoms with Crippen molar-refractivity contribution in [2.45, 2.75) is 37.9 Å². The molecule has 2 heteroatoms. The number of rotatable bonds is 5. The van der Waals surface area contributed by atoms with Gasteiger partial charge in [0.2, 0.25) is 0 Å². The maximum Gasteiger partial charge on any atom is 0.0151 e. The highest BCUT2D eigenvalue weighted by molar-refractivity contribution is 9.09. The van der Waals surface area contributed by atoms with Crippen LogP contribution in [0.5, 0.6) is 0 Å². The molecule has 0 aliphatic rings. The van der Waals surface area contributed by atoms with E-state index < -0.39 is 0 Å². The molecular weight excluding hydrogens is 244 g/mol. The molecule has 1 heterocycles. The Bertz CT molecular complexity index is 216. The summed E-state index contributed by atoms with van der Waals surface area (Å²) in [7, 11) is 0. The highest BCUT2D eigenvalue weighted by Crippen LogP contribution is 2.19. The fraction of sp³-hybridized carbons (Fsp3) is 0.636. The average molecular weight is 261 g/mol. The van der Waals surface area contributed by atoms with Gasteiger partial charge in [-0.1, -0.05) is 29.8 Å². The molecule has 1 atom stereocenters. The predicted octanol–water partition coefficient (Wildman–Crippen LogP) is 4.49. The number of aryl methyl sites for hydroxylation is 1. The van der Waals surface area contributed by atoms with Crippen molar-refractivity contribution in [1.29, 1.82) is 0 Å². The fourth-order valence-corrected chi connectivity index (χ4v) is 3.07. The molecule has 0 saturated carbocycles. The molecule has 13 heavy (non-hydrogen) atoms. The molecule has 0 bridgehead atoms. The summed E-state index contributed by atoms with van der Waals surface area (Å²) in [6.45, 7) is 4.55. The zero-order valence-corrected chi connectivity index (χ0v) is 10.7. The molecule has 0 saturated heterocycles. The minimum Gasteiger partial charge on any atom is -0.152 e. The van der Waals surface area contributed by atoms with E-state index in [9.17, 15) is 0 Å². The molecule has 0 fully saturated rings. The lowest BCUT2D eigenvalue weighted by atomic mass is 10.0. The van der Waals surface area contributed by atoms with Crippen molar-refractivity contribution in [3.8, 4) is 0 Å². The van der Waals surface area contributed by atoms with Crippen molar-refractivity contribution in [3.63, 3.8) is 0 Å². The monoisotopic (exact) mass is 260 g/mol. The van der Waals surface area contributed by atoms with Crippen molar-refractivity contribution in [3.05, 3.63) is 22.4 Å². The van der Waals surface area contributed by atoms with Crippen molar-refractivity contribution >= 4 is 27.3 Å². The Labute approximate surface area is 93.5 Å². The molecule has 0 aromatic carbocycles. The van der Waals surface area contributed by atoms with Crippen LogP contribution in [0.15, 0.2) is 16.8 Å². The second-order valence-electron chi connectivity index (χ2n) is 3.90. The Kier molecular flexibility index (Phi) is 5.04. The van der Waals surface area contributed by atoms with Gasteiger partial charge in [0.15, 0.2) is 0 Å². The topological polar surface area (TPSA) is 0 Å². The van der Waals surface area contributed by atoms with Gasteiger partial charge in [-0.2, -0.15) is 11.3 Å². The zero-order chi connectivity index (χ0) is 9.68. The Hall–Kier alpha value is 0.180. The van der Waals surface area contributed by atoms with E-state index >= 15 is 0 Å². The van der Waals surface area contributed by atoms with Gasteiger partial charge in [-0.05, 0) is 47.6 Å². The van der Waals surface area contributed by atoms with Gasteiger partial charge in [-0.15, -0.1) is 0 Å². The first-order valence-corrected chi connectivity index (χ1v) is 6.69. The minimum absolute atomic E-state index is 0.687. The molecule has 74 valence electrons. The van der Waals surface area contributed by atoms with Crippen LogP contribution < -0.4 is 0 Å². The molecule has 0 amide bonds. The predicted molar refractivity (Wildman–Crippen MR) is 64.8 cm³/mol. The highest BCUT2D eigenvalue weighted by Gasteiger charge is 2.06. The summed E-state index contributed by atoms with van der Waals surface area (Å²) in [6, 6.07) is 2.22. The Morgan fingerprint density at radius 2 is 2.23 bits per heavy atom. The van der Waals surface area contributed by atoms with Crippen molar-refractivity contribution in [2.75, 3.05) is 0 Å². The van der Waals surface area contributed by atoms with Crippen LogP contribution in [0.2, 0.25) is 0 Å². The van der Waals surface area contributed by atoms with E-state index in [1.54, 1.807) is 11.3 Å². The van der Waals surface area contributed by atoms with Crippen LogP contribution in [0.1, 0.15) is 32.3 Å². The quantitative estimate of drug-likeness (QED) is 0.685. The molecule has 1 aromatic heterocycles. The summed E-state index contributed by atoms with van der Waals surface area (Å²) < 4.78 is 0. The second-order valence-corrected chi connectivity index (χ2v) is 5.97. The zero-order valence-electron chi connectivity index (χ0n) is 8.29. The maximum atomic E-state index is 3.73. The normalized spacial score (nSPS) is 13.5. The molecule has 1 rings (SSSR count). The fourth-order valence-electron chi connectivity index (χ4n) is 1.39. The van der Waals surface area contributed by atoms with Gasteiger partial charge in [-0.3, -0.25) is 0 Å². The van der Waals surface area contributed by atoms with Crippen molar-refractivity contribution in [1.82, 2.24) is 0 Å². The minimum atomic E-state index is 0.687. The van der Waals surface area contributed by atoms with E-state index in [0.717, 1.165) is 5.92 Å². The lowest BCUT2D eigenvalue weighted by molar-refractivity contribution is 0.555. The van der Waals surface area contributed by atoms with E-state index in [4.69, 9.17) is 0 Å². The highest BCUT2D eigenvalue weighted by atomic mass is 79.9. The van der Waals surface area contributed by atoms with Crippen LogP contribution in [0.25, 0.3) is 0 Å². The summed E-state index contributed by atoms with van der Waals surface area (Å²) in [6.07, 6.45) is 3.76. The van der Waals surface area contributed by atoms with Crippen LogP contribution in [0, 0.1) is 5.92 Å². The van der Waals surface area contributed by atoms with Crippen LogP contribution in [0.4, 0.5) is 0 Å². The number of alkyl halides is 1. The average Bonchev–Trinajstić information content (AvgIpc) is 2.51. The van der Waals surface area contributed by atoms with Gasteiger partial charge >= 0.3 is 0 Å². The molecule has 0 spiro atoms. The summed E-state index contributed by atoms with van der Waals surface area (Å²) >= 11 is 5.52. The Balaban J connectivity index is 2.19. The first kappa shape index (κ1) is 11.3. The van der Waals surface area contributed by atoms with Crippen LogP contribution in [-0.2, 0) is 6.42 Å². The third-order valence-corrected chi connectivity index (χ3v) is 3.62. The molecule has 0 radical (unpaired) electrons. The van der Waals surface area contributed by atoms with E-state index in [-0.39, 0.29) is 0 Å². The molecule has 0 N–H and O–H groups in total. The number of thiophene rings is 1. The number of hydrogen-bond acceptors (Lipinski definition) is 1. The van der Waals surface area contributed by atoms with Crippen molar-refractivity contribution < 1.29 is 0 Å². The smallest absolute Gasteiger partial charge is 0.0151 e. The lowest BCUT2D eigenvalue weighted by Crippen LogP contribution is -2.03. The van der Waals surface area contributed by atoms with Gasteiger partial charge in [0.05, 0.1) is 0 Å². The van der Waals surface area contributed by atoms with Gasteiger partial charge in [0.25, 0.3) is 0 Å². The van der Waals surface area contributed by atoms with E-state index in [1.807, 2.05) is 0 Å². The SMILES string of the molecule is CC(C)CC(Br)CCc1ccsc1. The van der Waals surface area contributed by atoms with E-state index in [0.29, 0.717) is 4.83 Å². The second kappa shape index (κ2) is 5.82. The number of halogens is 1. The largest absolute Gasteiger partial charge is 0.152 e. The molecule has 1 unspecified atom stereocenters. The van der Waals surface area contributed by atoms with Gasteiger partial charge in [-0.25, -0.2) is 0 Å². The van der Waals surface area contributed by atoms with Gasteiger partial charge in [0.1, 0.15) is 0 Å². The first-order valence-electron chi connectivity index (χ1n) is 4.83. The Morgan fingerprint density at radius 3 is 2.77 bits per heavy atom. The summed E-state index contributed by atoms with van der Waals surface area (Å²) in [5.74, 6) is 0.798. The standard InChI is InChI=1S/C11H17BrS/c1-9(2)7-11(12)4-3-10-5-6-13-8-10/h5-6,8-9,11H,3-4,7H2,1-2H3. The lowest BCUT2D eigenvalue weighted by Gasteiger charge is -2.11. The Morgan fingerprint density at radius 1 is 1.46 bits per heavy atom. The van der Waals surface area contributed by atoms with Gasteiger partial charge < -0.3 is 0 Å². The third-order valence-electron chi connectivity index (χ3n) is 2.05. The van der Waals surface area contributed by atoms with Crippen LogP contribution >= 0.6 is 27.3 Å². The van der Waals surface area contributed by atoms with Gasteiger partial charge in [0, 0.05) is 4.83 Å². The van der Waals surface area contributed by atoms with E-state index in [1.165, 1.54) is 24.8 Å². The molecule has 0 nitrogen and oxygen atoms in total. The molecule has 0 aliphatic heterocycles. The summed E-state index contributed by atoms with van der Waals surface area (Å²) in [5.41, 5.74) is 1.48. The van der Waals surface area contributed by atoms with Crippen molar-refractivity contribution in [2.24, 2.45) is 5.92 Å². The number of hydrogen-bond donors (Lipinski definition) is 0. The molecule has 1 aromatic rings. The van der Waals surface area contributed by atoms with Crippen LogP contribution in [-0.4, -0.2) is 4.83 Å². The summed E-state index contributed by atoms with van der Waals surface area (Å²) in [5, 5.41) is 4.40. The molecular formula is C11H17BrS. The summed E-state index contributed by atoms with van der Waals surface area (Å²) in [4.78, 5) is 0.687. The first-order chi connectivity index (χ1) is 6.18.